The Bertz CT molecular complexity index is 1040. The molecule has 0 saturated heterocycles. The molecule has 1 fully saturated rings. The summed E-state index contributed by atoms with van der Waals surface area (Å²) >= 11 is 0. The predicted molar refractivity (Wildman–Crippen MR) is 120 cm³/mol. The fourth-order valence-electron chi connectivity index (χ4n) is 3.65. The summed E-state index contributed by atoms with van der Waals surface area (Å²) in [4.78, 5) is 27.0. The van der Waals surface area contributed by atoms with E-state index in [4.69, 9.17) is 4.42 Å². The number of nitrogens with zero attached hydrogens (tertiary/aromatic N) is 2. The van der Waals surface area contributed by atoms with Gasteiger partial charge in [0.05, 0.1) is 13.1 Å². The van der Waals surface area contributed by atoms with Crippen molar-refractivity contribution >= 4 is 17.5 Å². The van der Waals surface area contributed by atoms with Gasteiger partial charge in [-0.25, -0.2) is 0 Å². The maximum Gasteiger partial charge on any atom is 0.291 e. The van der Waals surface area contributed by atoms with Gasteiger partial charge in [-0.3, -0.25) is 9.59 Å². The minimum absolute atomic E-state index is 0.217. The van der Waals surface area contributed by atoms with Crippen molar-refractivity contribution in [2.24, 2.45) is 5.92 Å². The SMILES string of the molecule is CCCN(Cc1cccn1Cc1ccc(C(=O)Nc2ccc(C)cc2)o1)C(=O)C1CC1. The van der Waals surface area contributed by atoms with Gasteiger partial charge in [-0.2, -0.15) is 0 Å². The lowest BCUT2D eigenvalue weighted by atomic mass is 10.2. The molecule has 1 aliphatic rings. The van der Waals surface area contributed by atoms with Gasteiger partial charge < -0.3 is 19.2 Å². The fourth-order valence-corrected chi connectivity index (χ4v) is 3.65. The van der Waals surface area contributed by atoms with Crippen molar-refractivity contribution in [2.75, 3.05) is 11.9 Å². The normalized spacial score (nSPS) is 13.2. The topological polar surface area (TPSA) is 67.5 Å². The van der Waals surface area contributed by atoms with Crippen LogP contribution in [0.5, 0.6) is 0 Å². The molecule has 0 radical (unpaired) electrons. The van der Waals surface area contributed by atoms with E-state index in [-0.39, 0.29) is 23.5 Å². The number of nitrogens with one attached hydrogen (secondary N) is 1. The minimum atomic E-state index is -0.271. The van der Waals surface area contributed by atoms with Crippen LogP contribution in [0.15, 0.2) is 59.1 Å². The second kappa shape index (κ2) is 9.25. The average molecular weight is 420 g/mol. The lowest BCUT2D eigenvalue weighted by molar-refractivity contribution is -0.133. The highest BCUT2D eigenvalue weighted by Crippen LogP contribution is 2.31. The van der Waals surface area contributed by atoms with Crippen molar-refractivity contribution in [2.45, 2.75) is 46.2 Å². The summed E-state index contributed by atoms with van der Waals surface area (Å²) in [5.41, 5.74) is 2.93. The first kappa shape index (κ1) is 21.0. The maximum atomic E-state index is 12.6. The van der Waals surface area contributed by atoms with Gasteiger partial charge in [0.15, 0.2) is 5.76 Å². The molecule has 162 valence electrons. The van der Waals surface area contributed by atoms with Crippen LogP contribution in [0.25, 0.3) is 0 Å². The molecular weight excluding hydrogens is 390 g/mol. The van der Waals surface area contributed by atoms with E-state index in [0.29, 0.717) is 18.8 Å². The third kappa shape index (κ3) is 5.26. The van der Waals surface area contributed by atoms with Gasteiger partial charge >= 0.3 is 0 Å². The van der Waals surface area contributed by atoms with Gasteiger partial charge in [0.1, 0.15) is 5.76 Å². The molecule has 0 unspecified atom stereocenters. The van der Waals surface area contributed by atoms with E-state index in [1.807, 2.05) is 60.5 Å². The zero-order valence-electron chi connectivity index (χ0n) is 18.1. The second-order valence-electron chi connectivity index (χ2n) is 8.25. The van der Waals surface area contributed by atoms with E-state index in [1.165, 1.54) is 0 Å². The quantitative estimate of drug-likeness (QED) is 0.540. The lowest BCUT2D eigenvalue weighted by Crippen LogP contribution is -2.33. The highest BCUT2D eigenvalue weighted by Gasteiger charge is 2.33. The molecule has 6 heteroatoms. The fraction of sp³-hybridized carbons (Fsp3) is 0.360. The van der Waals surface area contributed by atoms with E-state index in [2.05, 4.69) is 16.8 Å². The van der Waals surface area contributed by atoms with Crippen LogP contribution in [0.1, 0.15) is 53.8 Å². The Kier molecular flexibility index (Phi) is 6.26. The molecule has 4 rings (SSSR count). The molecule has 0 spiro atoms. The standard InChI is InChI=1S/C25H29N3O3/c1-3-14-28(25(30)19-8-9-19)16-21-5-4-15-27(21)17-22-12-13-23(31-22)24(29)26-20-10-6-18(2)7-11-20/h4-7,10-13,15,19H,3,8-9,14,16-17H2,1-2H3,(H,26,29). The summed E-state index contributed by atoms with van der Waals surface area (Å²) < 4.78 is 7.88. The molecular formula is C25H29N3O3. The number of amides is 2. The van der Waals surface area contributed by atoms with Crippen molar-refractivity contribution in [3.8, 4) is 0 Å². The molecule has 2 heterocycles. The Hall–Kier alpha value is -3.28. The summed E-state index contributed by atoms with van der Waals surface area (Å²) in [5, 5.41) is 2.85. The molecule has 1 aliphatic carbocycles. The number of benzene rings is 1. The summed E-state index contributed by atoms with van der Waals surface area (Å²) in [7, 11) is 0. The Morgan fingerprint density at radius 3 is 2.61 bits per heavy atom. The Morgan fingerprint density at radius 2 is 1.90 bits per heavy atom. The van der Waals surface area contributed by atoms with Crippen LogP contribution in [-0.2, 0) is 17.9 Å². The molecule has 1 saturated carbocycles. The average Bonchev–Trinajstić information content (AvgIpc) is 3.36. The van der Waals surface area contributed by atoms with Gasteiger partial charge in [-0.15, -0.1) is 0 Å². The van der Waals surface area contributed by atoms with Crippen molar-refractivity contribution in [1.29, 1.82) is 0 Å². The van der Waals surface area contributed by atoms with Crippen molar-refractivity contribution in [1.82, 2.24) is 9.47 Å². The molecule has 0 aliphatic heterocycles. The minimum Gasteiger partial charge on any atom is -0.454 e. The van der Waals surface area contributed by atoms with Crippen molar-refractivity contribution in [3.05, 3.63) is 77.5 Å². The predicted octanol–water partition coefficient (Wildman–Crippen LogP) is 4.84. The second-order valence-corrected chi connectivity index (χ2v) is 8.25. The molecule has 1 N–H and O–H groups in total. The molecule has 3 aromatic rings. The van der Waals surface area contributed by atoms with Crippen LogP contribution in [0.3, 0.4) is 0 Å². The smallest absolute Gasteiger partial charge is 0.291 e. The van der Waals surface area contributed by atoms with Gasteiger partial charge in [-0.1, -0.05) is 24.6 Å². The molecule has 2 aromatic heterocycles. The largest absolute Gasteiger partial charge is 0.454 e. The zero-order chi connectivity index (χ0) is 21.8. The van der Waals surface area contributed by atoms with Crippen molar-refractivity contribution in [3.63, 3.8) is 0 Å². The number of carbonyl (C=O) groups is 2. The highest BCUT2D eigenvalue weighted by molar-refractivity contribution is 6.02. The number of rotatable bonds is 9. The molecule has 2 amide bonds. The number of hydrogen-bond donors (Lipinski definition) is 1. The van der Waals surface area contributed by atoms with Gasteiger partial charge in [-0.05, 0) is 62.6 Å². The first-order chi connectivity index (χ1) is 15.0. The lowest BCUT2D eigenvalue weighted by Gasteiger charge is -2.23. The monoisotopic (exact) mass is 419 g/mol. The van der Waals surface area contributed by atoms with E-state index in [1.54, 1.807) is 6.07 Å². The summed E-state index contributed by atoms with van der Waals surface area (Å²) in [6, 6.07) is 15.2. The zero-order valence-corrected chi connectivity index (χ0v) is 18.1. The van der Waals surface area contributed by atoms with E-state index >= 15 is 0 Å². The van der Waals surface area contributed by atoms with E-state index < -0.39 is 0 Å². The third-order valence-corrected chi connectivity index (χ3v) is 5.53. The third-order valence-electron chi connectivity index (χ3n) is 5.53. The first-order valence-corrected chi connectivity index (χ1v) is 10.9. The van der Waals surface area contributed by atoms with Crippen LogP contribution in [-0.4, -0.2) is 27.8 Å². The summed E-state index contributed by atoms with van der Waals surface area (Å²) in [6.45, 7) is 5.97. The van der Waals surface area contributed by atoms with Gasteiger partial charge in [0.2, 0.25) is 5.91 Å². The van der Waals surface area contributed by atoms with Crippen molar-refractivity contribution < 1.29 is 14.0 Å². The van der Waals surface area contributed by atoms with Gasteiger partial charge in [0, 0.05) is 30.0 Å². The highest BCUT2D eigenvalue weighted by atomic mass is 16.4. The Balaban J connectivity index is 1.40. The molecule has 0 atom stereocenters. The Labute approximate surface area is 182 Å². The van der Waals surface area contributed by atoms with E-state index in [9.17, 15) is 9.59 Å². The molecule has 0 bridgehead atoms. The van der Waals surface area contributed by atoms with E-state index in [0.717, 1.165) is 42.8 Å². The van der Waals surface area contributed by atoms with Crippen LogP contribution in [0.4, 0.5) is 5.69 Å². The Morgan fingerprint density at radius 1 is 1.13 bits per heavy atom. The molecule has 6 nitrogen and oxygen atoms in total. The number of aryl methyl sites for hydroxylation is 1. The number of carbonyl (C=O) groups excluding carboxylic acids is 2. The molecule has 1 aromatic carbocycles. The van der Waals surface area contributed by atoms with Crippen LogP contribution in [0.2, 0.25) is 0 Å². The van der Waals surface area contributed by atoms with Crippen LogP contribution < -0.4 is 5.32 Å². The first-order valence-electron chi connectivity index (χ1n) is 10.9. The number of hydrogen-bond acceptors (Lipinski definition) is 3. The van der Waals surface area contributed by atoms with Crippen LogP contribution in [0, 0.1) is 12.8 Å². The summed E-state index contributed by atoms with van der Waals surface area (Å²) in [6.07, 6.45) is 4.95. The number of furan rings is 1. The number of anilines is 1. The van der Waals surface area contributed by atoms with Gasteiger partial charge in [0.25, 0.3) is 5.91 Å². The molecule has 31 heavy (non-hydrogen) atoms. The van der Waals surface area contributed by atoms with Crippen LogP contribution >= 0.6 is 0 Å². The number of aromatic nitrogens is 1. The summed E-state index contributed by atoms with van der Waals surface area (Å²) in [5.74, 6) is 1.19. The maximum absolute atomic E-state index is 12.6.